The average molecular weight is 220 g/mol. The molecule has 0 spiro atoms. The number of rotatable bonds is 3. The maximum absolute atomic E-state index is 11.2. The molecule has 1 aliphatic carbocycles. The number of anilines is 1. The van der Waals surface area contributed by atoms with Gasteiger partial charge in [0.25, 0.3) is 0 Å². The second-order valence-electron chi connectivity index (χ2n) is 4.22. The fraction of sp³-hybridized carbons (Fsp3) is 0.417. The van der Waals surface area contributed by atoms with Crippen molar-refractivity contribution in [1.82, 2.24) is 0 Å². The van der Waals surface area contributed by atoms with Crippen LogP contribution in [0.25, 0.3) is 0 Å². The number of ether oxygens (including phenoxy) is 1. The van der Waals surface area contributed by atoms with Crippen LogP contribution in [0.4, 0.5) is 5.69 Å². The van der Waals surface area contributed by atoms with Crippen molar-refractivity contribution in [1.29, 1.82) is 0 Å². The van der Waals surface area contributed by atoms with Crippen LogP contribution >= 0.6 is 0 Å². The highest BCUT2D eigenvalue weighted by Gasteiger charge is 2.42. The monoisotopic (exact) mass is 220 g/mol. The Morgan fingerprint density at radius 3 is 2.69 bits per heavy atom. The van der Waals surface area contributed by atoms with Crippen LogP contribution in [0.1, 0.15) is 25.3 Å². The number of hydrogen-bond acceptors (Lipinski definition) is 3. The molecule has 86 valence electrons. The Balaban J connectivity index is 2.46. The van der Waals surface area contributed by atoms with Crippen LogP contribution in [0.2, 0.25) is 0 Å². The van der Waals surface area contributed by atoms with Gasteiger partial charge in [-0.25, -0.2) is 0 Å². The number of amides is 1. The molecule has 4 heteroatoms. The van der Waals surface area contributed by atoms with E-state index in [1.807, 2.05) is 18.2 Å². The molecule has 0 saturated heterocycles. The maximum atomic E-state index is 11.2. The van der Waals surface area contributed by atoms with Crippen LogP contribution in [0.5, 0.6) is 5.75 Å². The molecule has 0 atom stereocenters. The van der Waals surface area contributed by atoms with E-state index < -0.39 is 0 Å². The van der Waals surface area contributed by atoms with E-state index in [9.17, 15) is 4.79 Å². The molecular weight excluding hydrogens is 204 g/mol. The van der Waals surface area contributed by atoms with E-state index in [2.05, 4.69) is 5.32 Å². The summed E-state index contributed by atoms with van der Waals surface area (Å²) in [5.74, 6) is 0.541. The predicted molar refractivity (Wildman–Crippen MR) is 62.4 cm³/mol. The summed E-state index contributed by atoms with van der Waals surface area (Å²) >= 11 is 0. The summed E-state index contributed by atoms with van der Waals surface area (Å²) in [6.45, 7) is 1.48. The number of benzene rings is 1. The Morgan fingerprint density at radius 2 is 2.19 bits per heavy atom. The Kier molecular flexibility index (Phi) is 2.59. The molecule has 1 amide bonds. The molecule has 0 aromatic heterocycles. The molecule has 0 unspecified atom stereocenters. The summed E-state index contributed by atoms with van der Waals surface area (Å²) in [7, 11) is 1.58. The third kappa shape index (κ3) is 1.88. The zero-order valence-electron chi connectivity index (χ0n) is 9.54. The average Bonchev–Trinajstić information content (AvgIpc) is 2.97. The van der Waals surface area contributed by atoms with Gasteiger partial charge in [-0.2, -0.15) is 0 Å². The Hall–Kier alpha value is -1.55. The fourth-order valence-corrected chi connectivity index (χ4v) is 1.83. The summed E-state index contributed by atoms with van der Waals surface area (Å²) in [6.07, 6.45) is 1.90. The van der Waals surface area contributed by atoms with Gasteiger partial charge >= 0.3 is 0 Å². The van der Waals surface area contributed by atoms with Gasteiger partial charge in [0.05, 0.1) is 12.8 Å². The molecule has 1 saturated carbocycles. The first-order valence-electron chi connectivity index (χ1n) is 5.31. The van der Waals surface area contributed by atoms with Crippen LogP contribution in [0, 0.1) is 0 Å². The molecule has 0 bridgehead atoms. The van der Waals surface area contributed by atoms with Crippen molar-refractivity contribution in [2.24, 2.45) is 5.73 Å². The zero-order chi connectivity index (χ0) is 11.8. The number of carbonyl (C=O) groups is 1. The van der Waals surface area contributed by atoms with E-state index >= 15 is 0 Å². The van der Waals surface area contributed by atoms with Crippen LogP contribution in [-0.4, -0.2) is 13.0 Å². The summed E-state index contributed by atoms with van der Waals surface area (Å²) in [4.78, 5) is 11.2. The largest absolute Gasteiger partial charge is 0.495 e. The van der Waals surface area contributed by atoms with E-state index in [-0.39, 0.29) is 11.4 Å². The molecule has 1 aromatic rings. The van der Waals surface area contributed by atoms with Crippen LogP contribution in [0.15, 0.2) is 18.2 Å². The number of methoxy groups -OCH3 is 1. The first kappa shape index (κ1) is 11.0. The molecule has 0 radical (unpaired) electrons. The van der Waals surface area contributed by atoms with Gasteiger partial charge in [0.2, 0.25) is 5.91 Å². The topological polar surface area (TPSA) is 64.3 Å². The standard InChI is InChI=1S/C12H16N2O2/c1-8(15)14-11-9(12(13)6-7-12)4-3-5-10(11)16-2/h3-5H,6-7,13H2,1-2H3,(H,14,15). The maximum Gasteiger partial charge on any atom is 0.221 e. The van der Waals surface area contributed by atoms with Crippen molar-refractivity contribution in [2.45, 2.75) is 25.3 Å². The van der Waals surface area contributed by atoms with Crippen molar-refractivity contribution in [3.8, 4) is 5.75 Å². The molecule has 0 aliphatic heterocycles. The summed E-state index contributed by atoms with van der Waals surface area (Å²) < 4.78 is 5.24. The number of carbonyl (C=O) groups excluding carboxylic acids is 1. The van der Waals surface area contributed by atoms with E-state index in [0.29, 0.717) is 11.4 Å². The molecule has 2 rings (SSSR count). The first-order chi connectivity index (χ1) is 7.57. The van der Waals surface area contributed by atoms with Gasteiger partial charge in [-0.1, -0.05) is 12.1 Å². The van der Waals surface area contributed by atoms with Gasteiger partial charge in [0.15, 0.2) is 0 Å². The van der Waals surface area contributed by atoms with Crippen molar-refractivity contribution in [2.75, 3.05) is 12.4 Å². The van der Waals surface area contributed by atoms with Gasteiger partial charge < -0.3 is 15.8 Å². The molecule has 4 nitrogen and oxygen atoms in total. The van der Waals surface area contributed by atoms with Crippen LogP contribution in [-0.2, 0) is 10.3 Å². The van der Waals surface area contributed by atoms with Gasteiger partial charge in [0.1, 0.15) is 5.75 Å². The minimum absolute atomic E-state index is 0.116. The van der Waals surface area contributed by atoms with Gasteiger partial charge in [-0.05, 0) is 24.5 Å². The van der Waals surface area contributed by atoms with Gasteiger partial charge in [-0.3, -0.25) is 4.79 Å². The lowest BCUT2D eigenvalue weighted by molar-refractivity contribution is -0.114. The highest BCUT2D eigenvalue weighted by atomic mass is 16.5. The summed E-state index contributed by atoms with van der Waals surface area (Å²) in [5, 5.41) is 2.80. The van der Waals surface area contributed by atoms with Crippen molar-refractivity contribution in [3.05, 3.63) is 23.8 Å². The van der Waals surface area contributed by atoms with Crippen molar-refractivity contribution >= 4 is 11.6 Å². The lowest BCUT2D eigenvalue weighted by Gasteiger charge is -2.18. The predicted octanol–water partition coefficient (Wildman–Crippen LogP) is 1.60. The Labute approximate surface area is 94.8 Å². The number of hydrogen-bond donors (Lipinski definition) is 2. The second-order valence-corrected chi connectivity index (χ2v) is 4.22. The van der Waals surface area contributed by atoms with E-state index in [0.717, 1.165) is 18.4 Å². The summed E-state index contributed by atoms with van der Waals surface area (Å²) in [6, 6.07) is 5.66. The lowest BCUT2D eigenvalue weighted by Crippen LogP contribution is -2.22. The fourth-order valence-electron chi connectivity index (χ4n) is 1.83. The molecule has 1 aromatic carbocycles. The molecular formula is C12H16N2O2. The SMILES string of the molecule is COc1cccc(C2(N)CC2)c1NC(C)=O. The molecule has 1 fully saturated rings. The first-order valence-corrected chi connectivity index (χ1v) is 5.31. The second kappa shape index (κ2) is 3.79. The highest BCUT2D eigenvalue weighted by molar-refractivity contribution is 5.92. The van der Waals surface area contributed by atoms with Crippen LogP contribution < -0.4 is 15.8 Å². The minimum atomic E-state index is -0.285. The van der Waals surface area contributed by atoms with E-state index in [4.69, 9.17) is 10.5 Å². The molecule has 0 heterocycles. The molecule has 3 N–H and O–H groups in total. The zero-order valence-corrected chi connectivity index (χ0v) is 9.54. The number of para-hydroxylation sites is 1. The quantitative estimate of drug-likeness (QED) is 0.813. The van der Waals surface area contributed by atoms with E-state index in [1.54, 1.807) is 7.11 Å². The highest BCUT2D eigenvalue weighted by Crippen LogP contribution is 2.47. The number of nitrogens with two attached hydrogens (primary N) is 1. The Bertz CT molecular complexity index is 425. The van der Waals surface area contributed by atoms with E-state index in [1.165, 1.54) is 6.92 Å². The smallest absolute Gasteiger partial charge is 0.221 e. The minimum Gasteiger partial charge on any atom is -0.495 e. The van der Waals surface area contributed by atoms with Crippen molar-refractivity contribution < 1.29 is 9.53 Å². The van der Waals surface area contributed by atoms with Crippen molar-refractivity contribution in [3.63, 3.8) is 0 Å². The van der Waals surface area contributed by atoms with Gasteiger partial charge in [-0.15, -0.1) is 0 Å². The molecule has 1 aliphatic rings. The van der Waals surface area contributed by atoms with Gasteiger partial charge in [0, 0.05) is 12.5 Å². The third-order valence-electron chi connectivity index (χ3n) is 2.87. The third-order valence-corrected chi connectivity index (χ3v) is 2.87. The van der Waals surface area contributed by atoms with Crippen LogP contribution in [0.3, 0.4) is 0 Å². The number of nitrogens with one attached hydrogen (secondary N) is 1. The molecule has 16 heavy (non-hydrogen) atoms. The lowest BCUT2D eigenvalue weighted by atomic mass is 10.0. The normalized spacial score (nSPS) is 16.7. The summed E-state index contributed by atoms with van der Waals surface area (Å²) in [5.41, 5.74) is 7.54. The Morgan fingerprint density at radius 1 is 1.50 bits per heavy atom.